The van der Waals surface area contributed by atoms with Crippen molar-refractivity contribution in [3.05, 3.63) is 24.3 Å². The van der Waals surface area contributed by atoms with Gasteiger partial charge in [-0.2, -0.15) is 0 Å². The summed E-state index contributed by atoms with van der Waals surface area (Å²) in [6.07, 6.45) is 0. The highest BCUT2D eigenvalue weighted by Crippen LogP contribution is 2.15. The van der Waals surface area contributed by atoms with E-state index in [0.717, 1.165) is 0 Å². The molecule has 1 aromatic carbocycles. The average molecular weight is 244 g/mol. The summed E-state index contributed by atoms with van der Waals surface area (Å²) in [5.41, 5.74) is 5.23. The molecule has 0 aliphatic rings. The van der Waals surface area contributed by atoms with Crippen molar-refractivity contribution >= 4 is 10.0 Å². The van der Waals surface area contributed by atoms with Crippen molar-refractivity contribution in [2.45, 2.75) is 11.8 Å². The first-order valence-electron chi connectivity index (χ1n) is 5.02. The van der Waals surface area contributed by atoms with Gasteiger partial charge >= 0.3 is 0 Å². The summed E-state index contributed by atoms with van der Waals surface area (Å²) in [6, 6.07) is 6.26. The van der Waals surface area contributed by atoms with Crippen molar-refractivity contribution in [1.29, 1.82) is 0 Å². The van der Waals surface area contributed by atoms with E-state index in [2.05, 4.69) is 4.72 Å². The summed E-state index contributed by atoms with van der Waals surface area (Å²) >= 11 is 0. The van der Waals surface area contributed by atoms with E-state index in [1.807, 2.05) is 6.92 Å². The summed E-state index contributed by atoms with van der Waals surface area (Å²) in [5, 5.41) is 0. The van der Waals surface area contributed by atoms with Crippen LogP contribution in [0.5, 0.6) is 5.75 Å². The quantitative estimate of drug-likeness (QED) is 0.755. The Hall–Kier alpha value is -1.11. The molecule has 0 spiro atoms. The topological polar surface area (TPSA) is 81.4 Å². The number of sulfonamides is 1. The zero-order valence-corrected chi connectivity index (χ0v) is 9.96. The van der Waals surface area contributed by atoms with Gasteiger partial charge in [0.05, 0.1) is 11.5 Å². The number of rotatable bonds is 6. The zero-order chi connectivity index (χ0) is 12.0. The lowest BCUT2D eigenvalue weighted by Gasteiger charge is -2.07. The molecule has 3 N–H and O–H groups in total. The van der Waals surface area contributed by atoms with Crippen LogP contribution >= 0.6 is 0 Å². The minimum Gasteiger partial charge on any atom is -0.494 e. The zero-order valence-electron chi connectivity index (χ0n) is 9.14. The molecule has 0 aliphatic carbocycles. The Kier molecular flexibility index (Phi) is 4.72. The SMILES string of the molecule is CCOc1ccc(S(=O)(=O)NCCN)cc1. The van der Waals surface area contributed by atoms with Crippen LogP contribution in [-0.2, 0) is 10.0 Å². The number of nitrogens with one attached hydrogen (secondary N) is 1. The number of hydrogen-bond acceptors (Lipinski definition) is 4. The molecule has 0 saturated carbocycles. The second-order valence-corrected chi connectivity index (χ2v) is 4.86. The van der Waals surface area contributed by atoms with Gasteiger partial charge in [-0.3, -0.25) is 0 Å². The molecule has 0 aromatic heterocycles. The Morgan fingerprint density at radius 1 is 1.31 bits per heavy atom. The first-order valence-corrected chi connectivity index (χ1v) is 6.51. The van der Waals surface area contributed by atoms with Crippen molar-refractivity contribution in [3.63, 3.8) is 0 Å². The van der Waals surface area contributed by atoms with Gasteiger partial charge in [0.15, 0.2) is 0 Å². The van der Waals surface area contributed by atoms with E-state index in [0.29, 0.717) is 12.4 Å². The fourth-order valence-electron chi connectivity index (χ4n) is 1.16. The largest absolute Gasteiger partial charge is 0.494 e. The van der Waals surface area contributed by atoms with Crippen LogP contribution in [0, 0.1) is 0 Å². The number of benzene rings is 1. The third kappa shape index (κ3) is 3.48. The van der Waals surface area contributed by atoms with E-state index in [-0.39, 0.29) is 18.0 Å². The Labute approximate surface area is 95.7 Å². The van der Waals surface area contributed by atoms with E-state index >= 15 is 0 Å². The molecule has 0 atom stereocenters. The number of nitrogens with two attached hydrogens (primary N) is 1. The van der Waals surface area contributed by atoms with Crippen LogP contribution in [0.2, 0.25) is 0 Å². The van der Waals surface area contributed by atoms with Crippen molar-refractivity contribution in [2.24, 2.45) is 5.73 Å². The molecule has 0 heterocycles. The van der Waals surface area contributed by atoms with Gasteiger partial charge in [-0.15, -0.1) is 0 Å². The van der Waals surface area contributed by atoms with Gasteiger partial charge in [0.2, 0.25) is 10.0 Å². The normalized spacial score (nSPS) is 11.4. The molecule has 0 amide bonds. The lowest BCUT2D eigenvalue weighted by molar-refractivity contribution is 0.340. The van der Waals surface area contributed by atoms with Gasteiger partial charge in [0, 0.05) is 13.1 Å². The molecular weight excluding hydrogens is 228 g/mol. The van der Waals surface area contributed by atoms with Crippen molar-refractivity contribution in [1.82, 2.24) is 4.72 Å². The fourth-order valence-corrected chi connectivity index (χ4v) is 2.21. The maximum atomic E-state index is 11.7. The Balaban J connectivity index is 2.80. The van der Waals surface area contributed by atoms with Gasteiger partial charge in [-0.1, -0.05) is 0 Å². The molecule has 0 bridgehead atoms. The molecule has 0 aliphatic heterocycles. The molecule has 16 heavy (non-hydrogen) atoms. The van der Waals surface area contributed by atoms with Crippen molar-refractivity contribution in [3.8, 4) is 5.75 Å². The van der Waals surface area contributed by atoms with Gasteiger partial charge in [0.1, 0.15) is 5.75 Å². The first-order chi connectivity index (χ1) is 7.60. The molecule has 5 nitrogen and oxygen atoms in total. The second-order valence-electron chi connectivity index (χ2n) is 3.09. The van der Waals surface area contributed by atoms with E-state index in [4.69, 9.17) is 10.5 Å². The Morgan fingerprint density at radius 2 is 1.94 bits per heavy atom. The smallest absolute Gasteiger partial charge is 0.240 e. The lowest BCUT2D eigenvalue weighted by atomic mass is 10.3. The summed E-state index contributed by atoms with van der Waals surface area (Å²) in [6.45, 7) is 2.93. The minimum atomic E-state index is -3.44. The van der Waals surface area contributed by atoms with Crippen molar-refractivity contribution < 1.29 is 13.2 Å². The van der Waals surface area contributed by atoms with Crippen molar-refractivity contribution in [2.75, 3.05) is 19.7 Å². The van der Waals surface area contributed by atoms with E-state index < -0.39 is 10.0 Å². The minimum absolute atomic E-state index is 0.212. The third-order valence-corrected chi connectivity index (χ3v) is 3.36. The van der Waals surface area contributed by atoms with Gasteiger partial charge in [-0.25, -0.2) is 13.1 Å². The van der Waals surface area contributed by atoms with E-state index in [1.165, 1.54) is 12.1 Å². The number of ether oxygens (including phenoxy) is 1. The van der Waals surface area contributed by atoms with Crippen LogP contribution in [-0.4, -0.2) is 28.1 Å². The average Bonchev–Trinajstić information content (AvgIpc) is 2.28. The maximum Gasteiger partial charge on any atom is 0.240 e. The molecule has 90 valence electrons. The molecule has 1 aromatic rings. The van der Waals surface area contributed by atoms with Crippen LogP contribution in [0.25, 0.3) is 0 Å². The molecular formula is C10H16N2O3S. The van der Waals surface area contributed by atoms with E-state index in [9.17, 15) is 8.42 Å². The summed E-state index contributed by atoms with van der Waals surface area (Å²) in [4.78, 5) is 0.212. The van der Waals surface area contributed by atoms with Crippen LogP contribution in [0.1, 0.15) is 6.92 Å². The summed E-state index contributed by atoms with van der Waals surface area (Å²) in [5.74, 6) is 0.653. The predicted molar refractivity (Wildman–Crippen MR) is 61.9 cm³/mol. The predicted octanol–water partition coefficient (Wildman–Crippen LogP) is 0.322. The standard InChI is InChI=1S/C10H16N2O3S/c1-2-15-9-3-5-10(6-4-9)16(13,14)12-8-7-11/h3-6,12H,2,7-8,11H2,1H3. The maximum absolute atomic E-state index is 11.7. The molecule has 0 fully saturated rings. The fraction of sp³-hybridized carbons (Fsp3) is 0.400. The van der Waals surface area contributed by atoms with Gasteiger partial charge < -0.3 is 10.5 Å². The monoisotopic (exact) mass is 244 g/mol. The van der Waals surface area contributed by atoms with Crippen LogP contribution in [0.15, 0.2) is 29.2 Å². The Bertz CT molecular complexity index is 414. The molecule has 0 saturated heterocycles. The third-order valence-electron chi connectivity index (χ3n) is 1.88. The van der Waals surface area contributed by atoms with E-state index in [1.54, 1.807) is 12.1 Å². The summed E-state index contributed by atoms with van der Waals surface area (Å²) < 4.78 is 30.9. The van der Waals surface area contributed by atoms with Crippen LogP contribution < -0.4 is 15.2 Å². The molecule has 0 unspecified atom stereocenters. The highest BCUT2D eigenvalue weighted by atomic mass is 32.2. The summed E-state index contributed by atoms with van der Waals surface area (Å²) in [7, 11) is -3.44. The van der Waals surface area contributed by atoms with Gasteiger partial charge in [-0.05, 0) is 31.2 Å². The first kappa shape index (κ1) is 13.0. The molecule has 6 heteroatoms. The Morgan fingerprint density at radius 3 is 2.44 bits per heavy atom. The van der Waals surface area contributed by atoms with Crippen LogP contribution in [0.3, 0.4) is 0 Å². The highest BCUT2D eigenvalue weighted by molar-refractivity contribution is 7.89. The molecule has 1 rings (SSSR count). The van der Waals surface area contributed by atoms with Crippen LogP contribution in [0.4, 0.5) is 0 Å². The lowest BCUT2D eigenvalue weighted by Crippen LogP contribution is -2.29. The number of hydrogen-bond donors (Lipinski definition) is 2. The molecule has 0 radical (unpaired) electrons. The highest BCUT2D eigenvalue weighted by Gasteiger charge is 2.12. The van der Waals surface area contributed by atoms with Gasteiger partial charge in [0.25, 0.3) is 0 Å². The second kappa shape index (κ2) is 5.83.